The summed E-state index contributed by atoms with van der Waals surface area (Å²) >= 11 is 19.6. The van der Waals surface area contributed by atoms with Crippen molar-refractivity contribution < 1.29 is 9.18 Å². The van der Waals surface area contributed by atoms with Crippen molar-refractivity contribution in [3.05, 3.63) is 42.2 Å². The number of carbonyl (C=O) groups excluding carboxylic acids is 1. The van der Waals surface area contributed by atoms with Gasteiger partial charge in [-0.3, -0.25) is 4.79 Å². The third-order valence-electron chi connectivity index (χ3n) is 5.60. The third-order valence-corrected chi connectivity index (χ3v) is 7.46. The van der Waals surface area contributed by atoms with Crippen LogP contribution in [-0.2, 0) is 0 Å². The second-order valence-corrected chi connectivity index (χ2v) is 12.7. The second kappa shape index (κ2) is 9.85. The van der Waals surface area contributed by atoms with Crippen molar-refractivity contribution in [1.29, 1.82) is 0 Å². The summed E-state index contributed by atoms with van der Waals surface area (Å²) in [6.07, 6.45) is 3.37. The topological polar surface area (TPSA) is 95.9 Å². The first-order chi connectivity index (χ1) is 16.7. The van der Waals surface area contributed by atoms with E-state index in [0.29, 0.717) is 40.6 Å². The summed E-state index contributed by atoms with van der Waals surface area (Å²) in [6, 6.07) is 8.69. The Hall–Kier alpha value is -1.92. The van der Waals surface area contributed by atoms with Gasteiger partial charge in [-0.15, -0.1) is 0 Å². The minimum atomic E-state index is -1.56. The molecular weight excluding hydrogens is 556 g/mol. The Bertz CT molecular complexity index is 1200. The summed E-state index contributed by atoms with van der Waals surface area (Å²) < 4.78 is 17.4. The molecule has 0 spiro atoms. The zero-order chi connectivity index (χ0) is 24.6. The molecule has 3 aromatic rings. The monoisotopic (exact) mass is 573 g/mol. The lowest BCUT2D eigenvalue weighted by Crippen LogP contribution is -2.60. The fourth-order valence-corrected chi connectivity index (χ4v) is 5.10. The molecule has 0 radical (unpaired) electrons. The van der Waals surface area contributed by atoms with Crippen molar-refractivity contribution in [1.82, 2.24) is 24.6 Å². The molecule has 184 valence electrons. The number of benzene rings is 1. The number of halogens is 4. The highest BCUT2D eigenvalue weighted by Crippen LogP contribution is 2.48. The third kappa shape index (κ3) is 6.26. The molecule has 0 bridgehead atoms. The summed E-state index contributed by atoms with van der Waals surface area (Å²) in [5.74, 6) is 1.00. The van der Waals surface area contributed by atoms with Gasteiger partial charge < -0.3 is 15.5 Å². The van der Waals surface area contributed by atoms with E-state index in [-0.39, 0.29) is 18.4 Å². The molecule has 2 N–H and O–H groups in total. The van der Waals surface area contributed by atoms with Gasteiger partial charge >= 0.3 is 0 Å². The van der Waals surface area contributed by atoms with Gasteiger partial charge in [0.2, 0.25) is 8.92 Å². The van der Waals surface area contributed by atoms with E-state index in [1.54, 1.807) is 30.3 Å². The van der Waals surface area contributed by atoms with Crippen LogP contribution in [0.5, 0.6) is 0 Å². The maximum atomic E-state index is 14.9. The summed E-state index contributed by atoms with van der Waals surface area (Å²) in [6.45, 7) is 0.555. The summed E-state index contributed by atoms with van der Waals surface area (Å²) in [4.78, 5) is 28.4. The van der Waals surface area contributed by atoms with Crippen LogP contribution in [-0.4, -0.2) is 54.3 Å². The molecule has 0 unspecified atom stereocenters. The maximum Gasteiger partial charge on any atom is 0.251 e. The van der Waals surface area contributed by atoms with E-state index in [1.165, 1.54) is 29.6 Å². The molecule has 35 heavy (non-hydrogen) atoms. The SMILES string of the molecule is O=C(NCC(Cl)(Cl)Cl)c1ccc(Sc2nc(Nc3ncns3)cc(N3CC(F)(C4CC4)C3)n2)cc1. The van der Waals surface area contributed by atoms with Gasteiger partial charge in [0.15, 0.2) is 5.16 Å². The van der Waals surface area contributed by atoms with Crippen molar-refractivity contribution >= 4 is 80.8 Å². The molecule has 1 aliphatic heterocycles. The average molecular weight is 575 g/mol. The van der Waals surface area contributed by atoms with Crippen LogP contribution in [0.15, 0.2) is 46.7 Å². The van der Waals surface area contributed by atoms with Crippen molar-refractivity contribution in [2.24, 2.45) is 5.92 Å². The van der Waals surface area contributed by atoms with Crippen LogP contribution >= 0.6 is 58.1 Å². The molecule has 3 heterocycles. The van der Waals surface area contributed by atoms with Crippen LogP contribution in [0.25, 0.3) is 0 Å². The van der Waals surface area contributed by atoms with Crippen molar-refractivity contribution in [3.8, 4) is 0 Å². The number of alkyl halides is 4. The molecular formula is C21H19Cl3FN7OS2. The highest BCUT2D eigenvalue weighted by Gasteiger charge is 2.54. The Morgan fingerprint density at radius 1 is 1.23 bits per heavy atom. The summed E-state index contributed by atoms with van der Waals surface area (Å²) in [5.41, 5.74) is -0.700. The van der Waals surface area contributed by atoms with Gasteiger partial charge in [-0.2, -0.15) is 4.37 Å². The van der Waals surface area contributed by atoms with E-state index >= 15 is 0 Å². The fraction of sp³-hybridized carbons (Fsp3) is 0.381. The molecule has 2 fully saturated rings. The first kappa shape index (κ1) is 24.8. The van der Waals surface area contributed by atoms with Gasteiger partial charge in [0.05, 0.1) is 19.6 Å². The fourth-order valence-electron chi connectivity index (χ4n) is 3.69. The molecule has 1 saturated heterocycles. The number of nitrogens with one attached hydrogen (secondary N) is 2. The van der Waals surface area contributed by atoms with Crippen LogP contribution in [0, 0.1) is 5.92 Å². The van der Waals surface area contributed by atoms with Gasteiger partial charge in [-0.1, -0.05) is 34.8 Å². The van der Waals surface area contributed by atoms with Crippen LogP contribution < -0.4 is 15.5 Å². The lowest BCUT2D eigenvalue weighted by atomic mass is 9.91. The number of rotatable bonds is 8. The first-order valence-electron chi connectivity index (χ1n) is 10.7. The van der Waals surface area contributed by atoms with Gasteiger partial charge in [-0.25, -0.2) is 19.3 Å². The Labute approximate surface area is 224 Å². The number of nitrogens with zero attached hydrogens (tertiary/aromatic N) is 5. The highest BCUT2D eigenvalue weighted by atomic mass is 35.6. The highest BCUT2D eigenvalue weighted by molar-refractivity contribution is 7.99. The summed E-state index contributed by atoms with van der Waals surface area (Å²) in [5, 5.41) is 6.77. The normalized spacial score (nSPS) is 17.1. The quantitative estimate of drug-likeness (QED) is 0.278. The van der Waals surface area contributed by atoms with E-state index in [2.05, 4.69) is 30.0 Å². The number of anilines is 3. The lowest BCUT2D eigenvalue weighted by Gasteiger charge is -2.45. The molecule has 1 aliphatic carbocycles. The minimum absolute atomic E-state index is 0.102. The smallest absolute Gasteiger partial charge is 0.251 e. The first-order valence-corrected chi connectivity index (χ1v) is 13.4. The van der Waals surface area contributed by atoms with Gasteiger partial charge in [-0.05, 0) is 54.8 Å². The number of hydrogen-bond donors (Lipinski definition) is 2. The minimum Gasteiger partial charge on any atom is -0.350 e. The average Bonchev–Trinajstić information content (AvgIpc) is 3.53. The van der Waals surface area contributed by atoms with E-state index in [9.17, 15) is 9.18 Å². The standard InChI is InChI=1S/C21H19Cl3FN7OS2/c22-21(23,24)8-26-17(33)12-1-5-14(6-2-12)34-19-30-15(29-18-27-11-28-35-18)7-16(31-19)32-9-20(25,10-32)13-3-4-13/h1-2,5-7,11,13H,3-4,8-10H2,(H,26,33)(H,27,28,29,30,31). The molecule has 14 heteroatoms. The molecule has 5 rings (SSSR count). The van der Waals surface area contributed by atoms with E-state index in [1.807, 2.05) is 4.90 Å². The number of aromatic nitrogens is 4. The molecule has 2 aromatic heterocycles. The molecule has 0 atom stereocenters. The molecule has 1 saturated carbocycles. The Morgan fingerprint density at radius 2 is 1.97 bits per heavy atom. The molecule has 1 amide bonds. The van der Waals surface area contributed by atoms with Crippen molar-refractivity contribution in [2.45, 2.75) is 32.4 Å². The predicted molar refractivity (Wildman–Crippen MR) is 137 cm³/mol. The van der Waals surface area contributed by atoms with Crippen molar-refractivity contribution in [2.75, 3.05) is 29.9 Å². The Kier molecular flexibility index (Phi) is 6.97. The van der Waals surface area contributed by atoms with Crippen LogP contribution in [0.1, 0.15) is 23.2 Å². The maximum absolute atomic E-state index is 14.9. The van der Waals surface area contributed by atoms with Gasteiger partial charge in [0, 0.05) is 28.1 Å². The van der Waals surface area contributed by atoms with Gasteiger partial charge in [0.1, 0.15) is 23.6 Å². The molecule has 8 nitrogen and oxygen atoms in total. The van der Waals surface area contributed by atoms with Crippen molar-refractivity contribution in [3.63, 3.8) is 0 Å². The van der Waals surface area contributed by atoms with Crippen LogP contribution in [0.2, 0.25) is 0 Å². The van der Waals surface area contributed by atoms with Crippen LogP contribution in [0.4, 0.5) is 21.2 Å². The zero-order valence-corrected chi connectivity index (χ0v) is 22.0. The largest absolute Gasteiger partial charge is 0.350 e. The van der Waals surface area contributed by atoms with E-state index in [4.69, 9.17) is 34.8 Å². The number of carbonyl (C=O) groups is 1. The molecule has 1 aromatic carbocycles. The number of hydrogen-bond acceptors (Lipinski definition) is 9. The van der Waals surface area contributed by atoms with E-state index < -0.39 is 9.46 Å². The van der Waals surface area contributed by atoms with E-state index in [0.717, 1.165) is 17.7 Å². The van der Waals surface area contributed by atoms with Crippen LogP contribution in [0.3, 0.4) is 0 Å². The Balaban J connectivity index is 1.31. The van der Waals surface area contributed by atoms with Gasteiger partial charge in [0.25, 0.3) is 5.91 Å². The number of amides is 1. The zero-order valence-electron chi connectivity index (χ0n) is 18.0. The Morgan fingerprint density at radius 3 is 2.60 bits per heavy atom. The summed E-state index contributed by atoms with van der Waals surface area (Å²) in [7, 11) is 0. The predicted octanol–water partition coefficient (Wildman–Crippen LogP) is 5.26. The lowest BCUT2D eigenvalue weighted by molar-refractivity contribution is 0.0923. The second-order valence-electron chi connectivity index (χ2n) is 8.35. The molecule has 2 aliphatic rings.